The summed E-state index contributed by atoms with van der Waals surface area (Å²) < 4.78 is 23.0. The number of aromatic nitrogens is 2. The summed E-state index contributed by atoms with van der Waals surface area (Å²) >= 11 is 0. The molecule has 0 radical (unpaired) electrons. The van der Waals surface area contributed by atoms with Crippen LogP contribution in [0.3, 0.4) is 0 Å². The van der Waals surface area contributed by atoms with Gasteiger partial charge in [-0.25, -0.2) is 9.36 Å². The molecule has 9 heteroatoms. The molecule has 9 nitrogen and oxygen atoms in total. The predicted molar refractivity (Wildman–Crippen MR) is 89.9 cm³/mol. The van der Waals surface area contributed by atoms with Crippen molar-refractivity contribution < 1.29 is 17.7 Å². The van der Waals surface area contributed by atoms with Gasteiger partial charge in [0, 0.05) is 6.08 Å². The van der Waals surface area contributed by atoms with Crippen LogP contribution < -0.4 is 22.3 Å². The van der Waals surface area contributed by atoms with Crippen molar-refractivity contribution in [1.29, 1.82) is 5.26 Å². The Morgan fingerprint density at radius 1 is 1.22 bits per heavy atom. The number of nitrogens with two attached hydrogens (primary N) is 1. The number of hydrogen-bond acceptors (Lipinski definition) is 8. The Kier molecular flexibility index (Phi) is 3.02. The number of nitriles is 1. The lowest BCUT2D eigenvalue weighted by Gasteiger charge is -2.16. The molecule has 0 saturated carbocycles. The van der Waals surface area contributed by atoms with Gasteiger partial charge in [-0.3, -0.25) is 0 Å². The molecule has 1 atom stereocenters. The van der Waals surface area contributed by atoms with Gasteiger partial charge in [-0.1, -0.05) is 0 Å². The van der Waals surface area contributed by atoms with E-state index in [9.17, 15) is 10.1 Å². The van der Waals surface area contributed by atoms with E-state index in [4.69, 9.17) is 23.4 Å². The average Bonchev–Trinajstić information content (AvgIpc) is 3.42. The summed E-state index contributed by atoms with van der Waals surface area (Å²) in [6.45, 7) is 0. The van der Waals surface area contributed by atoms with E-state index in [1.54, 1.807) is 24.3 Å². The summed E-state index contributed by atoms with van der Waals surface area (Å²) in [7, 11) is 0. The molecular weight excluding hydrogens is 352 g/mol. The minimum Gasteiger partial charge on any atom is -0.468 e. The topological polar surface area (TPSA) is 137 Å². The average molecular weight is 362 g/mol. The molecule has 0 bridgehead atoms. The van der Waals surface area contributed by atoms with Gasteiger partial charge in [0.1, 0.15) is 40.1 Å². The largest absolute Gasteiger partial charge is 0.468 e. The standard InChI is InChI=1S/C18H10N4O5/c19-8-10-13(12-4-2-6-25-12)14-16(27-18(20)21-14)22-11(17(23)26-15(10)22)7-9-3-1-5-24-9/h1-7,13H,(H2,20,21)/b11-7+. The second-order valence-electron chi connectivity index (χ2n) is 5.79. The fourth-order valence-corrected chi connectivity index (χ4v) is 3.19. The van der Waals surface area contributed by atoms with E-state index >= 15 is 0 Å². The molecule has 0 amide bonds. The number of fused-ring (bicyclic) bond motifs is 3. The van der Waals surface area contributed by atoms with E-state index in [1.165, 1.54) is 23.2 Å². The third-order valence-corrected chi connectivity index (χ3v) is 4.26. The van der Waals surface area contributed by atoms with Crippen molar-refractivity contribution in [3.63, 3.8) is 0 Å². The van der Waals surface area contributed by atoms with Gasteiger partial charge in [-0.15, -0.1) is 0 Å². The first-order valence-corrected chi connectivity index (χ1v) is 7.88. The fourth-order valence-electron chi connectivity index (χ4n) is 3.19. The highest BCUT2D eigenvalue weighted by Crippen LogP contribution is 2.37. The van der Waals surface area contributed by atoms with Crippen molar-refractivity contribution >= 4 is 17.7 Å². The smallest absolute Gasteiger partial charge is 0.362 e. The van der Waals surface area contributed by atoms with Gasteiger partial charge in [0.25, 0.3) is 6.01 Å². The normalized spacial score (nSPS) is 16.2. The van der Waals surface area contributed by atoms with Crippen LogP contribution in [0.2, 0.25) is 0 Å². The van der Waals surface area contributed by atoms with E-state index in [0.717, 1.165) is 0 Å². The highest BCUT2D eigenvalue weighted by Gasteiger charge is 2.37. The van der Waals surface area contributed by atoms with Crippen molar-refractivity contribution in [1.82, 2.24) is 9.55 Å². The Labute approximate surface area is 149 Å². The Hall–Kier alpha value is -4.19. The summed E-state index contributed by atoms with van der Waals surface area (Å²) in [5.74, 6) is 0.367. The van der Waals surface area contributed by atoms with Crippen LogP contribution in [0, 0.1) is 11.3 Å². The lowest BCUT2D eigenvalue weighted by molar-refractivity contribution is 0.446. The highest BCUT2D eigenvalue weighted by molar-refractivity contribution is 5.72. The lowest BCUT2D eigenvalue weighted by atomic mass is 9.92. The molecule has 0 aromatic carbocycles. The van der Waals surface area contributed by atoms with E-state index < -0.39 is 11.5 Å². The molecule has 0 aliphatic carbocycles. The molecular formula is C18H10N4O5. The molecule has 4 aromatic rings. The zero-order valence-corrected chi connectivity index (χ0v) is 13.6. The molecule has 4 aromatic heterocycles. The van der Waals surface area contributed by atoms with Crippen molar-refractivity contribution in [2.45, 2.75) is 5.92 Å². The summed E-state index contributed by atoms with van der Waals surface area (Å²) in [4.78, 5) is 16.7. The number of nitrogens with zero attached hydrogens (tertiary/aromatic N) is 3. The minimum absolute atomic E-state index is 0.0327. The van der Waals surface area contributed by atoms with Gasteiger partial charge >= 0.3 is 5.63 Å². The van der Waals surface area contributed by atoms with E-state index in [0.29, 0.717) is 17.2 Å². The maximum absolute atomic E-state index is 12.5. The second kappa shape index (κ2) is 5.40. The van der Waals surface area contributed by atoms with Crippen molar-refractivity contribution in [2.75, 3.05) is 5.73 Å². The molecule has 5 heterocycles. The zero-order valence-electron chi connectivity index (χ0n) is 13.6. The Morgan fingerprint density at radius 2 is 2.04 bits per heavy atom. The van der Waals surface area contributed by atoms with Gasteiger partial charge in [-0.2, -0.15) is 10.2 Å². The molecule has 132 valence electrons. The molecule has 0 fully saturated rings. The number of oxazole rings is 2. The SMILES string of the molecule is N#CC1=c2oc(=O)/c(=C\c3ccco3)n2-c2oc(N)nc2C1c1ccco1. The number of hydrogen-bond donors (Lipinski definition) is 1. The van der Waals surface area contributed by atoms with Crippen molar-refractivity contribution in [3.05, 3.63) is 75.3 Å². The molecule has 1 unspecified atom stereocenters. The Morgan fingerprint density at radius 3 is 2.74 bits per heavy atom. The van der Waals surface area contributed by atoms with Gasteiger partial charge in [-0.05, 0) is 24.3 Å². The summed E-state index contributed by atoms with van der Waals surface area (Å²) in [5.41, 5.74) is 5.64. The number of rotatable bonds is 2. The van der Waals surface area contributed by atoms with Gasteiger partial charge < -0.3 is 23.4 Å². The molecule has 2 N–H and O–H groups in total. The maximum Gasteiger partial charge on any atom is 0.362 e. The van der Waals surface area contributed by atoms with Gasteiger partial charge in [0.05, 0.1) is 12.5 Å². The third kappa shape index (κ3) is 2.10. The van der Waals surface area contributed by atoms with Crippen LogP contribution >= 0.6 is 0 Å². The van der Waals surface area contributed by atoms with E-state index in [2.05, 4.69) is 11.1 Å². The van der Waals surface area contributed by atoms with Crippen LogP contribution in [0.4, 0.5) is 6.01 Å². The molecule has 1 aliphatic heterocycles. The van der Waals surface area contributed by atoms with Crippen LogP contribution in [-0.2, 0) is 0 Å². The summed E-state index contributed by atoms with van der Waals surface area (Å²) in [6, 6.07) is 8.74. The molecule has 1 aliphatic rings. The number of anilines is 1. The Balaban J connectivity index is 1.94. The monoisotopic (exact) mass is 362 g/mol. The molecule has 5 rings (SSSR count). The molecule has 0 saturated heterocycles. The van der Waals surface area contributed by atoms with Gasteiger partial charge in [0.2, 0.25) is 11.4 Å². The maximum atomic E-state index is 12.5. The Bertz CT molecular complexity index is 1360. The van der Waals surface area contributed by atoms with Crippen LogP contribution in [0.15, 0.2) is 59.3 Å². The van der Waals surface area contributed by atoms with Crippen LogP contribution in [-0.4, -0.2) is 9.55 Å². The summed E-state index contributed by atoms with van der Waals surface area (Å²) in [6.07, 6.45) is 4.44. The fraction of sp³-hybridized carbons (Fsp3) is 0.0556. The highest BCUT2D eigenvalue weighted by atomic mass is 16.4. The predicted octanol–water partition coefficient (Wildman–Crippen LogP) is 0.835. The van der Waals surface area contributed by atoms with E-state index in [1.807, 2.05) is 0 Å². The van der Waals surface area contributed by atoms with Crippen LogP contribution in [0.5, 0.6) is 0 Å². The van der Waals surface area contributed by atoms with Crippen LogP contribution in [0.25, 0.3) is 17.5 Å². The minimum atomic E-state index is -0.705. The second-order valence-corrected chi connectivity index (χ2v) is 5.79. The van der Waals surface area contributed by atoms with E-state index in [-0.39, 0.29) is 28.4 Å². The number of nitrogen functional groups attached to an aromatic ring is 1. The first-order valence-electron chi connectivity index (χ1n) is 7.88. The summed E-state index contributed by atoms with van der Waals surface area (Å²) in [5, 5.41) is 9.89. The van der Waals surface area contributed by atoms with Crippen molar-refractivity contribution in [3.8, 4) is 12.0 Å². The lowest BCUT2D eigenvalue weighted by Crippen LogP contribution is -2.35. The first-order chi connectivity index (χ1) is 13.2. The zero-order chi connectivity index (χ0) is 18.5. The van der Waals surface area contributed by atoms with Crippen molar-refractivity contribution in [2.24, 2.45) is 0 Å². The first kappa shape index (κ1) is 15.1. The molecule has 27 heavy (non-hydrogen) atoms. The quantitative estimate of drug-likeness (QED) is 0.553. The van der Waals surface area contributed by atoms with Crippen LogP contribution in [0.1, 0.15) is 23.1 Å². The van der Waals surface area contributed by atoms with Gasteiger partial charge in [0.15, 0.2) is 0 Å². The number of furan rings is 2. The molecule has 0 spiro atoms. The third-order valence-electron chi connectivity index (χ3n) is 4.26.